The Bertz CT molecular complexity index is 954. The summed E-state index contributed by atoms with van der Waals surface area (Å²) in [5.74, 6) is -1.24. The SMILES string of the molecule is N#CC1(NC(=O)COC(=O)Cn2cnc3ccccc3c2=O)CCCCC1. The first kappa shape index (κ1) is 18.6. The van der Waals surface area contributed by atoms with Crippen molar-refractivity contribution in [3.05, 3.63) is 40.9 Å². The van der Waals surface area contributed by atoms with E-state index in [1.165, 1.54) is 6.33 Å². The molecule has 1 fully saturated rings. The minimum atomic E-state index is -0.874. The molecular formula is C19H20N4O4. The topological polar surface area (TPSA) is 114 Å². The van der Waals surface area contributed by atoms with E-state index in [2.05, 4.69) is 16.4 Å². The highest BCUT2D eigenvalue weighted by Crippen LogP contribution is 2.27. The standard InChI is InChI=1S/C19H20N4O4/c20-12-19(8-4-1-5-9-19)22-16(24)11-27-17(25)10-23-13-21-15-7-3-2-6-14(15)18(23)26/h2-3,6-7,13H,1,4-5,8-11H2,(H,22,24). The number of carbonyl (C=O) groups is 2. The van der Waals surface area contributed by atoms with Gasteiger partial charge in [-0.25, -0.2) is 4.98 Å². The van der Waals surface area contributed by atoms with E-state index in [0.29, 0.717) is 23.7 Å². The summed E-state index contributed by atoms with van der Waals surface area (Å²) in [6.45, 7) is -0.828. The number of aromatic nitrogens is 2. The molecule has 140 valence electrons. The Kier molecular flexibility index (Phi) is 5.50. The molecule has 1 N–H and O–H groups in total. The number of carbonyl (C=O) groups excluding carboxylic acids is 2. The predicted octanol–water partition coefficient (Wildman–Crippen LogP) is 1.28. The lowest BCUT2D eigenvalue weighted by molar-refractivity contribution is -0.149. The van der Waals surface area contributed by atoms with Gasteiger partial charge < -0.3 is 10.1 Å². The largest absolute Gasteiger partial charge is 0.454 e. The third-order valence-corrected chi connectivity index (χ3v) is 4.70. The molecule has 0 aliphatic heterocycles. The molecule has 0 atom stereocenters. The lowest BCUT2D eigenvalue weighted by Crippen LogP contribution is -2.50. The van der Waals surface area contributed by atoms with Crippen molar-refractivity contribution in [3.8, 4) is 6.07 Å². The number of ether oxygens (including phenoxy) is 1. The van der Waals surface area contributed by atoms with Gasteiger partial charge in [-0.1, -0.05) is 31.4 Å². The summed E-state index contributed by atoms with van der Waals surface area (Å²) in [6, 6.07) is 9.00. The maximum Gasteiger partial charge on any atom is 0.326 e. The molecule has 1 aliphatic carbocycles. The summed E-state index contributed by atoms with van der Waals surface area (Å²) >= 11 is 0. The van der Waals surface area contributed by atoms with Gasteiger partial charge in [-0.2, -0.15) is 5.26 Å². The van der Waals surface area contributed by atoms with Crippen molar-refractivity contribution in [2.45, 2.75) is 44.2 Å². The third kappa shape index (κ3) is 4.31. The molecule has 8 heteroatoms. The van der Waals surface area contributed by atoms with Crippen LogP contribution in [0.25, 0.3) is 10.9 Å². The molecule has 0 radical (unpaired) electrons. The number of hydrogen-bond acceptors (Lipinski definition) is 6. The van der Waals surface area contributed by atoms with Gasteiger partial charge in [0.25, 0.3) is 11.5 Å². The van der Waals surface area contributed by atoms with Crippen LogP contribution < -0.4 is 10.9 Å². The second-order valence-electron chi connectivity index (χ2n) is 6.66. The van der Waals surface area contributed by atoms with Gasteiger partial charge in [-0.15, -0.1) is 0 Å². The smallest absolute Gasteiger partial charge is 0.326 e. The fourth-order valence-corrected chi connectivity index (χ4v) is 3.27. The number of esters is 1. The summed E-state index contributed by atoms with van der Waals surface area (Å²) in [4.78, 5) is 40.5. The highest BCUT2D eigenvalue weighted by molar-refractivity contribution is 5.81. The number of amides is 1. The monoisotopic (exact) mass is 368 g/mol. The molecule has 27 heavy (non-hydrogen) atoms. The van der Waals surface area contributed by atoms with Gasteiger partial charge in [-0.05, 0) is 25.0 Å². The van der Waals surface area contributed by atoms with Crippen molar-refractivity contribution in [2.75, 3.05) is 6.61 Å². The molecule has 2 aromatic rings. The molecule has 1 aromatic heterocycles. The molecule has 1 saturated carbocycles. The van der Waals surface area contributed by atoms with Gasteiger partial charge in [0.2, 0.25) is 0 Å². The first-order valence-electron chi connectivity index (χ1n) is 8.85. The van der Waals surface area contributed by atoms with E-state index in [1.54, 1.807) is 24.3 Å². The fourth-order valence-electron chi connectivity index (χ4n) is 3.27. The van der Waals surface area contributed by atoms with Crippen LogP contribution in [0.1, 0.15) is 32.1 Å². The van der Waals surface area contributed by atoms with E-state index in [1.807, 2.05) is 0 Å². The Hall–Kier alpha value is -3.21. The number of para-hydroxylation sites is 1. The number of nitrogens with one attached hydrogen (secondary N) is 1. The van der Waals surface area contributed by atoms with E-state index >= 15 is 0 Å². The summed E-state index contributed by atoms with van der Waals surface area (Å²) in [5, 5.41) is 12.4. The van der Waals surface area contributed by atoms with Crippen LogP contribution in [-0.2, 0) is 20.9 Å². The van der Waals surface area contributed by atoms with Gasteiger partial charge in [0.05, 0.1) is 23.3 Å². The van der Waals surface area contributed by atoms with Crippen LogP contribution in [0, 0.1) is 11.3 Å². The molecule has 1 heterocycles. The van der Waals surface area contributed by atoms with E-state index in [4.69, 9.17) is 4.74 Å². The van der Waals surface area contributed by atoms with Crippen molar-refractivity contribution in [2.24, 2.45) is 0 Å². The van der Waals surface area contributed by atoms with Gasteiger partial charge in [0.15, 0.2) is 6.61 Å². The van der Waals surface area contributed by atoms with Gasteiger partial charge in [0.1, 0.15) is 12.1 Å². The first-order chi connectivity index (χ1) is 13.0. The molecule has 0 spiro atoms. The zero-order chi connectivity index (χ0) is 19.3. The molecule has 3 rings (SSSR count). The second kappa shape index (κ2) is 7.99. The molecule has 1 aliphatic rings. The average Bonchev–Trinajstić information content (AvgIpc) is 2.69. The zero-order valence-corrected chi connectivity index (χ0v) is 14.8. The fraction of sp³-hybridized carbons (Fsp3) is 0.421. The molecular weight excluding hydrogens is 348 g/mol. The van der Waals surface area contributed by atoms with E-state index in [9.17, 15) is 19.6 Å². The number of rotatable bonds is 5. The highest BCUT2D eigenvalue weighted by Gasteiger charge is 2.33. The molecule has 0 unspecified atom stereocenters. The molecule has 1 amide bonds. The van der Waals surface area contributed by atoms with Crippen LogP contribution in [-0.4, -0.2) is 33.6 Å². The second-order valence-corrected chi connectivity index (χ2v) is 6.66. The van der Waals surface area contributed by atoms with Crippen molar-refractivity contribution in [1.29, 1.82) is 5.26 Å². The van der Waals surface area contributed by atoms with Crippen molar-refractivity contribution < 1.29 is 14.3 Å². The Labute approximate surface area is 155 Å². The number of nitriles is 1. The lowest BCUT2D eigenvalue weighted by Gasteiger charge is -2.31. The zero-order valence-electron chi connectivity index (χ0n) is 14.8. The summed E-state index contributed by atoms with van der Waals surface area (Å²) in [7, 11) is 0. The summed E-state index contributed by atoms with van der Waals surface area (Å²) in [5.41, 5.74) is -0.686. The van der Waals surface area contributed by atoms with Crippen molar-refractivity contribution in [3.63, 3.8) is 0 Å². The predicted molar refractivity (Wildman–Crippen MR) is 96.5 cm³/mol. The maximum absolute atomic E-state index is 12.3. The van der Waals surface area contributed by atoms with Crippen molar-refractivity contribution in [1.82, 2.24) is 14.9 Å². The van der Waals surface area contributed by atoms with E-state index < -0.39 is 24.0 Å². The number of nitrogens with zero attached hydrogens (tertiary/aromatic N) is 3. The molecule has 0 bridgehead atoms. The van der Waals surface area contributed by atoms with Crippen LogP contribution in [0.15, 0.2) is 35.4 Å². The van der Waals surface area contributed by atoms with Crippen LogP contribution in [0.3, 0.4) is 0 Å². The lowest BCUT2D eigenvalue weighted by atomic mass is 9.83. The van der Waals surface area contributed by atoms with Crippen LogP contribution in [0.5, 0.6) is 0 Å². The maximum atomic E-state index is 12.3. The molecule has 1 aromatic carbocycles. The Morgan fingerprint density at radius 3 is 2.74 bits per heavy atom. The minimum absolute atomic E-state index is 0.340. The Morgan fingerprint density at radius 2 is 2.00 bits per heavy atom. The number of benzene rings is 1. The van der Waals surface area contributed by atoms with Gasteiger partial charge in [0, 0.05) is 0 Å². The van der Waals surface area contributed by atoms with E-state index in [0.717, 1.165) is 23.8 Å². The summed E-state index contributed by atoms with van der Waals surface area (Å²) < 4.78 is 6.10. The molecule has 8 nitrogen and oxygen atoms in total. The van der Waals surface area contributed by atoms with Crippen LogP contribution in [0.4, 0.5) is 0 Å². The summed E-state index contributed by atoms with van der Waals surface area (Å²) in [6.07, 6.45) is 5.28. The number of hydrogen-bond donors (Lipinski definition) is 1. The van der Waals surface area contributed by atoms with Crippen LogP contribution >= 0.6 is 0 Å². The highest BCUT2D eigenvalue weighted by atomic mass is 16.5. The van der Waals surface area contributed by atoms with Crippen LogP contribution in [0.2, 0.25) is 0 Å². The van der Waals surface area contributed by atoms with Gasteiger partial charge >= 0.3 is 5.97 Å². The number of fused-ring (bicyclic) bond motifs is 1. The normalized spacial score (nSPS) is 15.7. The van der Waals surface area contributed by atoms with E-state index in [-0.39, 0.29) is 12.1 Å². The van der Waals surface area contributed by atoms with Crippen molar-refractivity contribution >= 4 is 22.8 Å². The Morgan fingerprint density at radius 1 is 1.26 bits per heavy atom. The quantitative estimate of drug-likeness (QED) is 0.795. The molecule has 0 saturated heterocycles. The first-order valence-corrected chi connectivity index (χ1v) is 8.85. The average molecular weight is 368 g/mol. The van der Waals surface area contributed by atoms with Gasteiger partial charge in [-0.3, -0.25) is 19.0 Å². The minimum Gasteiger partial charge on any atom is -0.454 e. The Balaban J connectivity index is 1.57. The third-order valence-electron chi connectivity index (χ3n) is 4.70.